The standard InChI is InChI=1S/C13H17N5OS/c1-18-12(15-16-17-18)8-5-9-13(20)14-10-6-3-4-7-11(10)19-2/h3-4,6-7H,5,8-9H2,1-2H3,(H,14,20). The van der Waals surface area contributed by atoms with Crippen molar-refractivity contribution in [1.29, 1.82) is 0 Å². The number of methoxy groups -OCH3 is 1. The molecule has 0 spiro atoms. The highest BCUT2D eigenvalue weighted by molar-refractivity contribution is 7.80. The maximum atomic E-state index is 5.35. The second-order valence-corrected chi connectivity index (χ2v) is 4.81. The molecule has 1 heterocycles. The number of hydrogen-bond acceptors (Lipinski definition) is 5. The van der Waals surface area contributed by atoms with Gasteiger partial charge in [-0.25, -0.2) is 4.68 Å². The normalized spacial score (nSPS) is 10.3. The van der Waals surface area contributed by atoms with Crippen molar-refractivity contribution in [2.75, 3.05) is 12.4 Å². The molecule has 0 radical (unpaired) electrons. The van der Waals surface area contributed by atoms with Crippen molar-refractivity contribution in [3.63, 3.8) is 0 Å². The summed E-state index contributed by atoms with van der Waals surface area (Å²) in [7, 11) is 3.48. The Bertz CT molecular complexity index is 584. The Kier molecular flexibility index (Phi) is 5.00. The zero-order valence-corrected chi connectivity index (χ0v) is 12.4. The molecular formula is C13H17N5OS. The quantitative estimate of drug-likeness (QED) is 0.821. The van der Waals surface area contributed by atoms with Crippen LogP contribution in [0.2, 0.25) is 0 Å². The van der Waals surface area contributed by atoms with E-state index in [9.17, 15) is 0 Å². The van der Waals surface area contributed by atoms with Gasteiger partial charge in [-0.1, -0.05) is 24.4 Å². The molecule has 1 aromatic heterocycles. The van der Waals surface area contributed by atoms with E-state index in [4.69, 9.17) is 17.0 Å². The predicted octanol–water partition coefficient (Wildman–Crippen LogP) is 1.98. The lowest BCUT2D eigenvalue weighted by atomic mass is 10.2. The molecule has 0 amide bonds. The summed E-state index contributed by atoms with van der Waals surface area (Å²) in [4.78, 5) is 0.782. The minimum atomic E-state index is 0.778. The molecule has 0 atom stereocenters. The molecule has 0 aliphatic heterocycles. The fourth-order valence-electron chi connectivity index (χ4n) is 1.83. The fraction of sp³-hybridized carbons (Fsp3) is 0.385. The molecule has 1 N–H and O–H groups in total. The maximum Gasteiger partial charge on any atom is 0.150 e. The van der Waals surface area contributed by atoms with Gasteiger partial charge in [0.1, 0.15) is 5.75 Å². The first-order chi connectivity index (χ1) is 9.70. The molecule has 106 valence electrons. The lowest BCUT2D eigenvalue weighted by molar-refractivity contribution is 0.417. The molecule has 0 fully saturated rings. The third-order valence-corrected chi connectivity index (χ3v) is 3.20. The molecule has 0 aliphatic carbocycles. The molecular weight excluding hydrogens is 274 g/mol. The van der Waals surface area contributed by atoms with Crippen molar-refractivity contribution in [3.8, 4) is 5.75 Å². The first kappa shape index (κ1) is 14.4. The Morgan fingerprint density at radius 2 is 2.20 bits per heavy atom. The highest BCUT2D eigenvalue weighted by Crippen LogP contribution is 2.23. The summed E-state index contributed by atoms with van der Waals surface area (Å²) in [5, 5.41) is 14.5. The number of para-hydroxylation sites is 2. The number of tetrazole rings is 1. The predicted molar refractivity (Wildman–Crippen MR) is 81.0 cm³/mol. The van der Waals surface area contributed by atoms with Crippen molar-refractivity contribution >= 4 is 22.9 Å². The molecule has 2 aromatic rings. The number of ether oxygens (including phenoxy) is 1. The van der Waals surface area contributed by atoms with Crippen molar-refractivity contribution in [2.24, 2.45) is 7.05 Å². The lowest BCUT2D eigenvalue weighted by Crippen LogP contribution is -2.10. The summed E-state index contributed by atoms with van der Waals surface area (Å²) in [6.07, 6.45) is 2.48. The van der Waals surface area contributed by atoms with Gasteiger partial charge in [-0.2, -0.15) is 0 Å². The van der Waals surface area contributed by atoms with Crippen LogP contribution in [0.15, 0.2) is 24.3 Å². The van der Waals surface area contributed by atoms with Gasteiger partial charge in [-0.3, -0.25) is 0 Å². The molecule has 20 heavy (non-hydrogen) atoms. The summed E-state index contributed by atoms with van der Waals surface area (Å²) in [6, 6.07) is 7.71. The van der Waals surface area contributed by atoms with Crippen molar-refractivity contribution in [2.45, 2.75) is 19.3 Å². The van der Waals surface area contributed by atoms with Crippen molar-refractivity contribution in [1.82, 2.24) is 20.2 Å². The Hall–Kier alpha value is -2.02. The number of thiocarbonyl (C=S) groups is 1. The summed E-state index contributed by atoms with van der Waals surface area (Å²) < 4.78 is 6.95. The zero-order valence-electron chi connectivity index (χ0n) is 11.5. The SMILES string of the molecule is COc1ccccc1NC(=S)CCCc1nnnn1C. The first-order valence-corrected chi connectivity index (χ1v) is 6.75. The van der Waals surface area contributed by atoms with Crippen LogP contribution < -0.4 is 10.1 Å². The van der Waals surface area contributed by atoms with Gasteiger partial charge in [0, 0.05) is 13.5 Å². The Morgan fingerprint density at radius 1 is 1.40 bits per heavy atom. The van der Waals surface area contributed by atoms with Crippen LogP contribution in [-0.4, -0.2) is 32.3 Å². The maximum absolute atomic E-state index is 5.35. The Labute approximate surface area is 123 Å². The van der Waals surface area contributed by atoms with Crippen LogP contribution in [0.25, 0.3) is 0 Å². The van der Waals surface area contributed by atoms with E-state index in [1.165, 1.54) is 0 Å². The van der Waals surface area contributed by atoms with Crippen molar-refractivity contribution in [3.05, 3.63) is 30.1 Å². The summed E-state index contributed by atoms with van der Waals surface area (Å²) in [5.41, 5.74) is 0.889. The number of anilines is 1. The molecule has 0 bridgehead atoms. The van der Waals surface area contributed by atoms with Crippen LogP contribution in [0.4, 0.5) is 5.69 Å². The van der Waals surface area contributed by atoms with E-state index >= 15 is 0 Å². The van der Waals surface area contributed by atoms with E-state index < -0.39 is 0 Å². The van der Waals surface area contributed by atoms with Crippen LogP contribution in [0.1, 0.15) is 18.7 Å². The summed E-state index contributed by atoms with van der Waals surface area (Å²) in [6.45, 7) is 0. The molecule has 1 aromatic carbocycles. The summed E-state index contributed by atoms with van der Waals surface area (Å²) in [5.74, 6) is 1.65. The molecule has 0 saturated carbocycles. The second kappa shape index (κ2) is 6.95. The molecule has 2 rings (SSSR count). The minimum absolute atomic E-state index is 0.778. The number of benzene rings is 1. The molecule has 7 heteroatoms. The average Bonchev–Trinajstić information content (AvgIpc) is 2.85. The van der Waals surface area contributed by atoms with Gasteiger partial charge >= 0.3 is 0 Å². The number of aryl methyl sites for hydroxylation is 2. The van der Waals surface area contributed by atoms with E-state index in [0.717, 1.165) is 41.5 Å². The van der Waals surface area contributed by atoms with Crippen LogP contribution >= 0.6 is 12.2 Å². The van der Waals surface area contributed by atoms with E-state index in [2.05, 4.69) is 20.8 Å². The van der Waals surface area contributed by atoms with Gasteiger partial charge in [-0.15, -0.1) is 5.10 Å². The number of aromatic nitrogens is 4. The third-order valence-electron chi connectivity index (χ3n) is 2.89. The topological polar surface area (TPSA) is 64.9 Å². The highest BCUT2D eigenvalue weighted by Gasteiger charge is 2.06. The number of rotatable bonds is 6. The van der Waals surface area contributed by atoms with E-state index in [1.807, 2.05) is 31.3 Å². The van der Waals surface area contributed by atoms with Crippen molar-refractivity contribution < 1.29 is 4.74 Å². The molecule has 0 aliphatic rings. The molecule has 0 unspecified atom stereocenters. The largest absolute Gasteiger partial charge is 0.495 e. The summed E-state index contributed by atoms with van der Waals surface area (Å²) >= 11 is 5.35. The molecule has 0 saturated heterocycles. The van der Waals surface area contributed by atoms with Gasteiger partial charge < -0.3 is 10.1 Å². The smallest absolute Gasteiger partial charge is 0.150 e. The van der Waals surface area contributed by atoms with E-state index in [-0.39, 0.29) is 0 Å². The molecule has 6 nitrogen and oxygen atoms in total. The zero-order chi connectivity index (χ0) is 14.4. The minimum Gasteiger partial charge on any atom is -0.495 e. The van der Waals surface area contributed by atoms with E-state index in [1.54, 1.807) is 11.8 Å². The monoisotopic (exact) mass is 291 g/mol. The van der Waals surface area contributed by atoms with Gasteiger partial charge in [0.05, 0.1) is 17.8 Å². The van der Waals surface area contributed by atoms with Crippen LogP contribution in [-0.2, 0) is 13.5 Å². The van der Waals surface area contributed by atoms with Gasteiger partial charge in [0.25, 0.3) is 0 Å². The van der Waals surface area contributed by atoms with Crippen LogP contribution in [0.3, 0.4) is 0 Å². The first-order valence-electron chi connectivity index (χ1n) is 6.35. The van der Waals surface area contributed by atoms with Gasteiger partial charge in [-0.05, 0) is 35.4 Å². The van der Waals surface area contributed by atoms with Gasteiger partial charge in [0.15, 0.2) is 5.82 Å². The Balaban J connectivity index is 1.82. The second-order valence-electron chi connectivity index (χ2n) is 4.32. The number of nitrogens with zero attached hydrogens (tertiary/aromatic N) is 4. The van der Waals surface area contributed by atoms with Crippen LogP contribution in [0.5, 0.6) is 5.75 Å². The number of hydrogen-bond donors (Lipinski definition) is 1. The van der Waals surface area contributed by atoms with Crippen LogP contribution in [0, 0.1) is 0 Å². The third kappa shape index (κ3) is 3.74. The van der Waals surface area contributed by atoms with Gasteiger partial charge in [0.2, 0.25) is 0 Å². The highest BCUT2D eigenvalue weighted by atomic mass is 32.1. The fourth-order valence-corrected chi connectivity index (χ4v) is 2.08. The van der Waals surface area contributed by atoms with E-state index in [0.29, 0.717) is 0 Å². The number of nitrogens with one attached hydrogen (secondary N) is 1. The lowest BCUT2D eigenvalue weighted by Gasteiger charge is -2.11. The average molecular weight is 291 g/mol. The Morgan fingerprint density at radius 3 is 2.90 bits per heavy atom.